The van der Waals surface area contributed by atoms with Crippen LogP contribution in [-0.4, -0.2) is 10.9 Å². The summed E-state index contributed by atoms with van der Waals surface area (Å²) in [5, 5.41) is 0. The fourth-order valence-electron chi connectivity index (χ4n) is 1.44. The molecule has 0 saturated carbocycles. The molecule has 2 aromatic rings. The Hall–Kier alpha value is -1.98. The Kier molecular flexibility index (Phi) is 4.63. The molecule has 0 saturated heterocycles. The topological polar surface area (TPSA) is 22.1 Å². The first kappa shape index (κ1) is 12.5. The van der Waals surface area contributed by atoms with E-state index in [-0.39, 0.29) is 0 Å². The molecular weight excluding hydrogens is 246 g/mol. The fourth-order valence-corrected chi connectivity index (χ4v) is 1.51. The number of benzene rings is 1. The summed E-state index contributed by atoms with van der Waals surface area (Å²) in [6.45, 7) is 0.452. The van der Waals surface area contributed by atoms with Gasteiger partial charge in [-0.2, -0.15) is 0 Å². The van der Waals surface area contributed by atoms with Gasteiger partial charge in [0.05, 0.1) is 11.6 Å². The number of hydrogen-bond donors (Lipinski definition) is 0. The van der Waals surface area contributed by atoms with Crippen molar-refractivity contribution in [1.29, 1.82) is 0 Å². The number of rotatable bonds is 3. The molecule has 0 radical (unpaired) electrons. The van der Waals surface area contributed by atoms with E-state index in [1.54, 1.807) is 6.20 Å². The van der Waals surface area contributed by atoms with E-state index in [1.807, 2.05) is 42.5 Å². The van der Waals surface area contributed by atoms with Gasteiger partial charge >= 0.3 is 0 Å². The van der Waals surface area contributed by atoms with Crippen molar-refractivity contribution in [3.63, 3.8) is 0 Å². The van der Waals surface area contributed by atoms with Crippen LogP contribution in [0.1, 0.15) is 11.3 Å². The van der Waals surface area contributed by atoms with Gasteiger partial charge in [0.25, 0.3) is 0 Å². The van der Waals surface area contributed by atoms with Crippen molar-refractivity contribution < 1.29 is 4.74 Å². The summed E-state index contributed by atoms with van der Waals surface area (Å²) < 4.78 is 5.65. The molecule has 0 bridgehead atoms. The van der Waals surface area contributed by atoms with Crippen LogP contribution in [0.15, 0.2) is 48.7 Å². The summed E-state index contributed by atoms with van der Waals surface area (Å²) in [4.78, 5) is 4.20. The highest BCUT2D eigenvalue weighted by Gasteiger charge is 1.97. The molecule has 2 nitrogen and oxygen atoms in total. The molecule has 18 heavy (non-hydrogen) atoms. The lowest BCUT2D eigenvalue weighted by Crippen LogP contribution is -1.97. The van der Waals surface area contributed by atoms with Gasteiger partial charge in [0.2, 0.25) is 0 Å². The predicted octanol–water partition coefficient (Wildman–Crippen LogP) is 3.25. The molecule has 2 rings (SSSR count). The minimum atomic E-state index is 0.332. The van der Waals surface area contributed by atoms with Crippen molar-refractivity contribution in [2.24, 2.45) is 0 Å². The Morgan fingerprint density at radius 3 is 2.89 bits per heavy atom. The maximum absolute atomic E-state index is 5.65. The summed E-state index contributed by atoms with van der Waals surface area (Å²) in [5.74, 6) is 6.88. The molecule has 0 aliphatic heterocycles. The minimum absolute atomic E-state index is 0.332. The second-order valence-electron chi connectivity index (χ2n) is 3.57. The Balaban J connectivity index is 2.01. The average molecular weight is 258 g/mol. The van der Waals surface area contributed by atoms with E-state index in [2.05, 4.69) is 16.8 Å². The van der Waals surface area contributed by atoms with E-state index >= 15 is 0 Å². The standard InChI is InChI=1S/C15H12ClNO/c16-9-4-6-13-5-3-8-15(11-13)18-12-14-7-1-2-10-17-14/h1-3,5,7-8,10-11H,9,12H2. The van der Waals surface area contributed by atoms with Gasteiger partial charge in [-0.15, -0.1) is 11.6 Å². The summed E-state index contributed by atoms with van der Waals surface area (Å²) in [7, 11) is 0. The van der Waals surface area contributed by atoms with Crippen molar-refractivity contribution >= 4 is 11.6 Å². The smallest absolute Gasteiger partial charge is 0.130 e. The quantitative estimate of drug-likeness (QED) is 0.622. The second kappa shape index (κ2) is 6.68. The number of halogens is 1. The molecule has 0 unspecified atom stereocenters. The summed E-state index contributed by atoms with van der Waals surface area (Å²) >= 11 is 5.52. The van der Waals surface area contributed by atoms with E-state index in [0.717, 1.165) is 17.0 Å². The van der Waals surface area contributed by atoms with Gasteiger partial charge in [-0.05, 0) is 30.3 Å². The number of alkyl halides is 1. The van der Waals surface area contributed by atoms with Gasteiger partial charge in [0.15, 0.2) is 0 Å². The van der Waals surface area contributed by atoms with Crippen LogP contribution in [-0.2, 0) is 6.61 Å². The van der Waals surface area contributed by atoms with E-state index in [0.29, 0.717) is 12.5 Å². The van der Waals surface area contributed by atoms with Gasteiger partial charge in [0, 0.05) is 11.8 Å². The van der Waals surface area contributed by atoms with Crippen molar-refractivity contribution in [1.82, 2.24) is 4.98 Å². The molecule has 1 aromatic heterocycles. The van der Waals surface area contributed by atoms with Gasteiger partial charge in [-0.1, -0.05) is 24.0 Å². The summed E-state index contributed by atoms with van der Waals surface area (Å²) in [6.07, 6.45) is 1.75. The first-order chi connectivity index (χ1) is 8.88. The first-order valence-electron chi connectivity index (χ1n) is 5.56. The highest BCUT2D eigenvalue weighted by atomic mass is 35.5. The predicted molar refractivity (Wildman–Crippen MR) is 72.6 cm³/mol. The lowest BCUT2D eigenvalue weighted by molar-refractivity contribution is 0.301. The van der Waals surface area contributed by atoms with E-state index in [1.165, 1.54) is 0 Å². The van der Waals surface area contributed by atoms with Crippen LogP contribution in [0, 0.1) is 11.8 Å². The Labute approximate surface area is 112 Å². The van der Waals surface area contributed by atoms with Gasteiger partial charge in [0.1, 0.15) is 12.4 Å². The molecular formula is C15H12ClNO. The zero-order valence-electron chi connectivity index (χ0n) is 9.77. The van der Waals surface area contributed by atoms with Crippen molar-refractivity contribution in [2.75, 3.05) is 5.88 Å². The molecule has 1 aromatic carbocycles. The zero-order chi connectivity index (χ0) is 12.6. The minimum Gasteiger partial charge on any atom is -0.487 e. The van der Waals surface area contributed by atoms with Crippen LogP contribution < -0.4 is 4.74 Å². The molecule has 1 heterocycles. The van der Waals surface area contributed by atoms with Crippen LogP contribution in [0.3, 0.4) is 0 Å². The molecule has 0 aliphatic carbocycles. The highest BCUT2D eigenvalue weighted by Crippen LogP contribution is 2.14. The Bertz CT molecular complexity index is 557. The van der Waals surface area contributed by atoms with E-state index < -0.39 is 0 Å². The van der Waals surface area contributed by atoms with Crippen LogP contribution in [0.5, 0.6) is 5.75 Å². The molecule has 3 heteroatoms. The number of ether oxygens (including phenoxy) is 1. The average Bonchev–Trinajstić information content (AvgIpc) is 2.44. The van der Waals surface area contributed by atoms with Gasteiger partial charge in [-0.25, -0.2) is 0 Å². The van der Waals surface area contributed by atoms with Gasteiger partial charge in [-0.3, -0.25) is 4.98 Å². The third kappa shape index (κ3) is 3.80. The Morgan fingerprint density at radius 1 is 1.17 bits per heavy atom. The molecule has 0 aliphatic rings. The summed E-state index contributed by atoms with van der Waals surface area (Å²) in [6, 6.07) is 13.4. The largest absolute Gasteiger partial charge is 0.487 e. The lowest BCUT2D eigenvalue weighted by Gasteiger charge is -2.05. The van der Waals surface area contributed by atoms with E-state index in [9.17, 15) is 0 Å². The Morgan fingerprint density at radius 2 is 2.11 bits per heavy atom. The van der Waals surface area contributed by atoms with Crippen molar-refractivity contribution in [2.45, 2.75) is 6.61 Å². The second-order valence-corrected chi connectivity index (χ2v) is 3.84. The fraction of sp³-hybridized carbons (Fsp3) is 0.133. The normalized spacial score (nSPS) is 9.39. The maximum Gasteiger partial charge on any atom is 0.130 e. The molecule has 0 spiro atoms. The third-order valence-corrected chi connectivity index (χ3v) is 2.38. The zero-order valence-corrected chi connectivity index (χ0v) is 10.5. The van der Waals surface area contributed by atoms with Crippen molar-refractivity contribution in [3.05, 3.63) is 59.9 Å². The molecule has 0 fully saturated rings. The SMILES string of the molecule is ClCC#Cc1cccc(OCc2ccccn2)c1. The summed E-state index contributed by atoms with van der Waals surface area (Å²) in [5.41, 5.74) is 1.80. The third-order valence-electron chi connectivity index (χ3n) is 2.25. The van der Waals surface area contributed by atoms with Crippen LogP contribution in [0.4, 0.5) is 0 Å². The number of nitrogens with zero attached hydrogens (tertiary/aromatic N) is 1. The van der Waals surface area contributed by atoms with Crippen LogP contribution in [0.2, 0.25) is 0 Å². The number of hydrogen-bond acceptors (Lipinski definition) is 2. The number of pyridine rings is 1. The molecule has 90 valence electrons. The molecule has 0 atom stereocenters. The molecule has 0 N–H and O–H groups in total. The van der Waals surface area contributed by atoms with E-state index in [4.69, 9.17) is 16.3 Å². The number of aromatic nitrogens is 1. The first-order valence-corrected chi connectivity index (χ1v) is 6.09. The van der Waals surface area contributed by atoms with Crippen LogP contribution in [0.25, 0.3) is 0 Å². The monoisotopic (exact) mass is 257 g/mol. The van der Waals surface area contributed by atoms with Crippen LogP contribution >= 0.6 is 11.6 Å². The molecule has 0 amide bonds. The highest BCUT2D eigenvalue weighted by molar-refractivity contribution is 6.19. The lowest BCUT2D eigenvalue weighted by atomic mass is 10.2. The maximum atomic E-state index is 5.65. The van der Waals surface area contributed by atoms with Crippen molar-refractivity contribution in [3.8, 4) is 17.6 Å². The van der Waals surface area contributed by atoms with Gasteiger partial charge < -0.3 is 4.74 Å².